The van der Waals surface area contributed by atoms with E-state index in [9.17, 15) is 9.18 Å². The van der Waals surface area contributed by atoms with E-state index in [-0.39, 0.29) is 5.69 Å². The molecule has 0 aliphatic carbocycles. The zero-order chi connectivity index (χ0) is 12.4. The lowest BCUT2D eigenvalue weighted by atomic mass is 10.2. The highest BCUT2D eigenvalue weighted by Crippen LogP contribution is 2.20. The first kappa shape index (κ1) is 11.9. The normalized spacial score (nSPS) is 10.5. The molecule has 0 spiro atoms. The summed E-state index contributed by atoms with van der Waals surface area (Å²) in [5.41, 5.74) is 0.141. The van der Waals surface area contributed by atoms with E-state index >= 15 is 0 Å². The summed E-state index contributed by atoms with van der Waals surface area (Å²) in [5, 5.41) is 0. The highest BCUT2D eigenvalue weighted by molar-refractivity contribution is 7.98. The van der Waals surface area contributed by atoms with Crippen molar-refractivity contribution in [3.05, 3.63) is 46.1 Å². The molecule has 0 bridgehead atoms. The second-order valence-corrected chi connectivity index (χ2v) is 4.42. The van der Waals surface area contributed by atoms with Crippen molar-refractivity contribution < 1.29 is 4.39 Å². The molecule has 0 fully saturated rings. The first-order chi connectivity index (χ1) is 8.11. The standard InChI is InChI=1S/C12H11FN2OS/c1-7-10(13)12(16)15-11(14-7)8-3-5-9(17-2)6-4-8/h3-6H,1-2H3,(H,14,15,16). The van der Waals surface area contributed by atoms with Gasteiger partial charge < -0.3 is 4.98 Å². The van der Waals surface area contributed by atoms with Gasteiger partial charge in [0.15, 0.2) is 0 Å². The summed E-state index contributed by atoms with van der Waals surface area (Å²) in [5.74, 6) is -0.434. The molecule has 88 valence electrons. The number of nitrogens with zero attached hydrogens (tertiary/aromatic N) is 1. The quantitative estimate of drug-likeness (QED) is 0.833. The monoisotopic (exact) mass is 250 g/mol. The Hall–Kier alpha value is -1.62. The van der Waals surface area contributed by atoms with Crippen molar-refractivity contribution in [1.29, 1.82) is 0 Å². The van der Waals surface area contributed by atoms with Crippen LogP contribution in [0.4, 0.5) is 4.39 Å². The van der Waals surface area contributed by atoms with Gasteiger partial charge in [-0.25, -0.2) is 4.98 Å². The fourth-order valence-corrected chi connectivity index (χ4v) is 1.87. The maximum Gasteiger partial charge on any atom is 0.287 e. The van der Waals surface area contributed by atoms with Crippen LogP contribution in [0.3, 0.4) is 0 Å². The van der Waals surface area contributed by atoms with E-state index in [4.69, 9.17) is 0 Å². The second kappa shape index (κ2) is 4.71. The van der Waals surface area contributed by atoms with Crippen molar-refractivity contribution in [3.63, 3.8) is 0 Å². The number of hydrogen-bond acceptors (Lipinski definition) is 3. The number of thioether (sulfide) groups is 1. The molecule has 0 saturated heterocycles. The number of aryl methyl sites for hydroxylation is 1. The Morgan fingerprint density at radius 3 is 2.47 bits per heavy atom. The van der Waals surface area contributed by atoms with Gasteiger partial charge in [-0.1, -0.05) is 12.1 Å². The molecule has 3 nitrogen and oxygen atoms in total. The Morgan fingerprint density at radius 1 is 1.29 bits per heavy atom. The molecule has 2 aromatic rings. The van der Waals surface area contributed by atoms with Gasteiger partial charge in [0.2, 0.25) is 5.82 Å². The molecule has 1 aromatic carbocycles. The van der Waals surface area contributed by atoms with E-state index in [1.165, 1.54) is 6.92 Å². The van der Waals surface area contributed by atoms with Crippen LogP contribution in [0.5, 0.6) is 0 Å². The average Bonchev–Trinajstić information content (AvgIpc) is 2.35. The number of hydrogen-bond donors (Lipinski definition) is 1. The van der Waals surface area contributed by atoms with Crippen LogP contribution in [-0.2, 0) is 0 Å². The third-order valence-electron chi connectivity index (χ3n) is 2.39. The second-order valence-electron chi connectivity index (χ2n) is 3.54. The molecule has 1 N–H and O–H groups in total. The topological polar surface area (TPSA) is 45.8 Å². The first-order valence-electron chi connectivity index (χ1n) is 5.02. The number of aromatic nitrogens is 2. The molecule has 17 heavy (non-hydrogen) atoms. The fraction of sp³-hybridized carbons (Fsp3) is 0.167. The number of halogens is 1. The van der Waals surface area contributed by atoms with Gasteiger partial charge in [-0.3, -0.25) is 4.79 Å². The molecule has 0 unspecified atom stereocenters. The Kier molecular flexibility index (Phi) is 3.28. The maximum atomic E-state index is 13.1. The van der Waals surface area contributed by atoms with Crippen LogP contribution in [0.25, 0.3) is 11.4 Å². The predicted molar refractivity (Wildman–Crippen MR) is 66.8 cm³/mol. The summed E-state index contributed by atoms with van der Waals surface area (Å²) < 4.78 is 13.1. The van der Waals surface area contributed by atoms with Crippen molar-refractivity contribution in [3.8, 4) is 11.4 Å². The molecule has 0 atom stereocenters. The van der Waals surface area contributed by atoms with Gasteiger partial charge in [-0.2, -0.15) is 4.39 Å². The van der Waals surface area contributed by atoms with E-state index in [1.54, 1.807) is 11.8 Å². The average molecular weight is 250 g/mol. The summed E-state index contributed by atoms with van der Waals surface area (Å²) >= 11 is 1.63. The molecule has 0 aliphatic heterocycles. The van der Waals surface area contributed by atoms with E-state index in [0.29, 0.717) is 5.82 Å². The molecular formula is C12H11FN2OS. The molecule has 0 amide bonds. The molecule has 0 radical (unpaired) electrons. The smallest absolute Gasteiger partial charge is 0.287 e. The van der Waals surface area contributed by atoms with E-state index in [2.05, 4.69) is 9.97 Å². The molecular weight excluding hydrogens is 239 g/mol. The van der Waals surface area contributed by atoms with Crippen LogP contribution in [0.1, 0.15) is 5.69 Å². The minimum atomic E-state index is -0.825. The summed E-state index contributed by atoms with van der Waals surface area (Å²) in [6.45, 7) is 1.48. The van der Waals surface area contributed by atoms with Crippen LogP contribution < -0.4 is 5.56 Å². The van der Waals surface area contributed by atoms with Gasteiger partial charge in [-0.15, -0.1) is 11.8 Å². The van der Waals surface area contributed by atoms with Crippen molar-refractivity contribution in [1.82, 2.24) is 9.97 Å². The van der Waals surface area contributed by atoms with Crippen molar-refractivity contribution >= 4 is 11.8 Å². The van der Waals surface area contributed by atoms with Crippen LogP contribution in [0.15, 0.2) is 34.0 Å². The SMILES string of the molecule is CSc1ccc(-c2nc(C)c(F)c(=O)[nH]2)cc1. The van der Waals surface area contributed by atoms with Crippen molar-refractivity contribution in [2.45, 2.75) is 11.8 Å². The van der Waals surface area contributed by atoms with E-state index < -0.39 is 11.4 Å². The lowest BCUT2D eigenvalue weighted by molar-refractivity contribution is 0.589. The van der Waals surface area contributed by atoms with Gasteiger partial charge in [-0.05, 0) is 25.3 Å². The Labute approximate surface area is 102 Å². The zero-order valence-corrected chi connectivity index (χ0v) is 10.3. The molecule has 2 rings (SSSR count). The number of aromatic amines is 1. The van der Waals surface area contributed by atoms with E-state index in [0.717, 1.165) is 10.5 Å². The molecule has 0 saturated carbocycles. The number of benzene rings is 1. The van der Waals surface area contributed by atoms with E-state index in [1.807, 2.05) is 30.5 Å². The first-order valence-corrected chi connectivity index (χ1v) is 6.25. The summed E-state index contributed by atoms with van der Waals surface area (Å²) in [4.78, 5) is 18.8. The van der Waals surface area contributed by atoms with Gasteiger partial charge >= 0.3 is 0 Å². The minimum absolute atomic E-state index is 0.109. The van der Waals surface area contributed by atoms with Gasteiger partial charge in [0.25, 0.3) is 5.56 Å². The van der Waals surface area contributed by atoms with Crippen LogP contribution >= 0.6 is 11.8 Å². The third kappa shape index (κ3) is 2.39. The summed E-state index contributed by atoms with van der Waals surface area (Å²) in [6.07, 6.45) is 1.98. The molecule has 1 heterocycles. The summed E-state index contributed by atoms with van der Waals surface area (Å²) in [6, 6.07) is 7.56. The van der Waals surface area contributed by atoms with Crippen molar-refractivity contribution in [2.75, 3.05) is 6.26 Å². The van der Waals surface area contributed by atoms with Gasteiger partial charge in [0.05, 0.1) is 5.69 Å². The zero-order valence-electron chi connectivity index (χ0n) is 9.45. The molecule has 5 heteroatoms. The Balaban J connectivity index is 2.49. The van der Waals surface area contributed by atoms with Crippen LogP contribution in [0, 0.1) is 12.7 Å². The molecule has 0 aliphatic rings. The lowest BCUT2D eigenvalue weighted by Gasteiger charge is -2.03. The Bertz CT molecular complexity index is 592. The fourth-order valence-electron chi connectivity index (χ4n) is 1.46. The summed E-state index contributed by atoms with van der Waals surface area (Å²) in [7, 11) is 0. The minimum Gasteiger partial charge on any atom is -0.304 e. The van der Waals surface area contributed by atoms with Crippen LogP contribution in [0.2, 0.25) is 0 Å². The maximum absolute atomic E-state index is 13.1. The highest BCUT2D eigenvalue weighted by atomic mass is 32.2. The lowest BCUT2D eigenvalue weighted by Crippen LogP contribution is -2.15. The Morgan fingerprint density at radius 2 is 1.94 bits per heavy atom. The molecule has 1 aromatic heterocycles. The van der Waals surface area contributed by atoms with Crippen LogP contribution in [-0.4, -0.2) is 16.2 Å². The van der Waals surface area contributed by atoms with Gasteiger partial charge in [0, 0.05) is 10.5 Å². The highest BCUT2D eigenvalue weighted by Gasteiger charge is 2.08. The predicted octanol–water partition coefficient (Wildman–Crippen LogP) is 2.61. The third-order valence-corrected chi connectivity index (χ3v) is 3.14. The van der Waals surface area contributed by atoms with Crippen molar-refractivity contribution in [2.24, 2.45) is 0 Å². The number of nitrogens with one attached hydrogen (secondary N) is 1. The number of H-pyrrole nitrogens is 1. The largest absolute Gasteiger partial charge is 0.304 e. The number of rotatable bonds is 2. The van der Waals surface area contributed by atoms with Gasteiger partial charge in [0.1, 0.15) is 5.82 Å².